The highest BCUT2D eigenvalue weighted by atomic mass is 28.3. The summed E-state index contributed by atoms with van der Waals surface area (Å²) in [6, 6.07) is -0.137. The molecule has 4 nitrogen and oxygen atoms in total. The summed E-state index contributed by atoms with van der Waals surface area (Å²) < 4.78 is 5.12. The van der Waals surface area contributed by atoms with Crippen molar-refractivity contribution in [3.8, 4) is 0 Å². The monoisotopic (exact) mass is 379 g/mol. The van der Waals surface area contributed by atoms with E-state index in [9.17, 15) is 9.59 Å². The van der Waals surface area contributed by atoms with Crippen LogP contribution in [0.4, 0.5) is 4.79 Å². The van der Waals surface area contributed by atoms with E-state index in [1.807, 2.05) is 26.8 Å². The Balaban J connectivity index is 2.72. The minimum Gasteiger partial charge on any atom is -0.447 e. The van der Waals surface area contributed by atoms with Gasteiger partial charge in [0.1, 0.15) is 6.61 Å². The van der Waals surface area contributed by atoms with Crippen molar-refractivity contribution in [2.75, 3.05) is 6.61 Å². The zero-order chi connectivity index (χ0) is 19.9. The second kappa shape index (κ2) is 10.1. The number of rotatable bonds is 10. The van der Waals surface area contributed by atoms with E-state index in [1.165, 1.54) is 10.5 Å². The van der Waals surface area contributed by atoms with Gasteiger partial charge >= 0.3 is 6.09 Å². The van der Waals surface area contributed by atoms with Gasteiger partial charge in [0.05, 0.1) is 14.1 Å². The van der Waals surface area contributed by atoms with Crippen LogP contribution in [-0.4, -0.2) is 37.6 Å². The fourth-order valence-corrected chi connectivity index (χ4v) is 4.81. The highest BCUT2D eigenvalue weighted by Crippen LogP contribution is 2.25. The molecule has 0 aromatic heterocycles. The molecular formula is C21H37NO3Si. The molecule has 26 heavy (non-hydrogen) atoms. The average Bonchev–Trinajstić information content (AvgIpc) is 2.92. The lowest BCUT2D eigenvalue weighted by molar-refractivity contribution is -0.133. The molecule has 148 valence electrons. The molecule has 5 heteroatoms. The summed E-state index contributed by atoms with van der Waals surface area (Å²) in [6.45, 7) is 17.1. The molecule has 0 bridgehead atoms. The van der Waals surface area contributed by atoms with Crippen LogP contribution in [0.15, 0.2) is 23.9 Å². The van der Waals surface area contributed by atoms with Crippen molar-refractivity contribution in [1.82, 2.24) is 4.90 Å². The number of carbonyl (C=O) groups is 2. The van der Waals surface area contributed by atoms with Crippen LogP contribution in [0.3, 0.4) is 0 Å². The number of amides is 2. The lowest BCUT2D eigenvalue weighted by atomic mass is 9.96. The molecule has 1 aliphatic heterocycles. The first kappa shape index (κ1) is 22.7. The van der Waals surface area contributed by atoms with Gasteiger partial charge in [-0.25, -0.2) is 9.69 Å². The van der Waals surface area contributed by atoms with E-state index in [2.05, 4.69) is 31.9 Å². The number of unbranched alkanes of at least 4 members (excludes halogenated alkanes) is 1. The quantitative estimate of drug-likeness (QED) is 0.283. The van der Waals surface area contributed by atoms with Crippen LogP contribution < -0.4 is 0 Å². The Morgan fingerprint density at radius 1 is 1.31 bits per heavy atom. The largest absolute Gasteiger partial charge is 0.447 e. The molecule has 0 saturated carbocycles. The molecule has 0 radical (unpaired) electrons. The zero-order valence-electron chi connectivity index (χ0n) is 17.5. The smallest absolute Gasteiger partial charge is 0.416 e. The van der Waals surface area contributed by atoms with Gasteiger partial charge in [-0.15, -0.1) is 6.58 Å². The Labute approximate surface area is 160 Å². The molecule has 0 spiro atoms. The number of imide groups is 1. The van der Waals surface area contributed by atoms with Crippen LogP contribution in [0.1, 0.15) is 52.9 Å². The van der Waals surface area contributed by atoms with E-state index in [0.29, 0.717) is 6.61 Å². The Kier molecular flexibility index (Phi) is 8.81. The van der Waals surface area contributed by atoms with Gasteiger partial charge in [-0.2, -0.15) is 0 Å². The summed E-state index contributed by atoms with van der Waals surface area (Å²) in [5, 5.41) is 0. The van der Waals surface area contributed by atoms with Gasteiger partial charge in [-0.3, -0.25) is 4.79 Å². The van der Waals surface area contributed by atoms with E-state index in [1.54, 1.807) is 0 Å². The molecule has 1 aliphatic rings. The number of ether oxygens (including phenoxy) is 1. The first-order valence-corrected chi connectivity index (χ1v) is 13.5. The molecule has 0 aliphatic carbocycles. The second-order valence-corrected chi connectivity index (χ2v) is 13.9. The number of nitrogens with zero attached hydrogens (tertiary/aromatic N) is 1. The molecular weight excluding hydrogens is 342 g/mol. The lowest BCUT2D eigenvalue weighted by Gasteiger charge is -2.25. The van der Waals surface area contributed by atoms with Crippen LogP contribution in [-0.2, 0) is 9.53 Å². The van der Waals surface area contributed by atoms with Crippen LogP contribution in [0.2, 0.25) is 19.6 Å². The minimum atomic E-state index is -1.30. The van der Waals surface area contributed by atoms with Crippen molar-refractivity contribution in [1.29, 1.82) is 0 Å². The third kappa shape index (κ3) is 7.10. The Hall–Kier alpha value is -1.36. The summed E-state index contributed by atoms with van der Waals surface area (Å²) in [7, 11) is -1.30. The third-order valence-corrected chi connectivity index (χ3v) is 6.05. The van der Waals surface area contributed by atoms with E-state index >= 15 is 0 Å². The van der Waals surface area contributed by atoms with Crippen molar-refractivity contribution in [2.45, 2.75) is 78.6 Å². The van der Waals surface area contributed by atoms with Gasteiger partial charge in [0.25, 0.3) is 0 Å². The summed E-state index contributed by atoms with van der Waals surface area (Å²) in [5.41, 5.74) is 3.92. The number of hydrogen-bond acceptors (Lipinski definition) is 3. The Morgan fingerprint density at radius 2 is 1.96 bits per heavy atom. The first-order valence-electron chi connectivity index (χ1n) is 9.88. The SMILES string of the molecule is C=CCCC/C(=C\[Si](C)(C)C)CC[C@H](C)C(=O)N1C(=O)OC[C@@H]1C(C)C. The number of hydrogen-bond donors (Lipinski definition) is 0. The predicted octanol–water partition coefficient (Wildman–Crippen LogP) is 5.57. The van der Waals surface area contributed by atoms with Crippen molar-refractivity contribution in [3.05, 3.63) is 23.9 Å². The standard InChI is InChI=1S/C21H37NO3Si/c1-8-9-10-11-18(15-26(5,6)7)13-12-17(4)20(23)22-19(16(2)3)14-25-21(22)24/h8,15-17,19H,1,9-14H2,2-7H3/b18-15+/t17-,19+/m0/s1. The zero-order valence-corrected chi connectivity index (χ0v) is 18.5. The first-order chi connectivity index (χ1) is 12.1. The Bertz CT molecular complexity index is 534. The molecule has 0 aromatic rings. The van der Waals surface area contributed by atoms with E-state index < -0.39 is 14.2 Å². The summed E-state index contributed by atoms with van der Waals surface area (Å²) in [4.78, 5) is 26.2. The molecule has 1 heterocycles. The van der Waals surface area contributed by atoms with Crippen LogP contribution in [0.25, 0.3) is 0 Å². The highest BCUT2D eigenvalue weighted by Gasteiger charge is 2.40. The number of cyclic esters (lactones) is 1. The number of carbonyl (C=O) groups excluding carboxylic acids is 2. The van der Waals surface area contributed by atoms with Gasteiger partial charge in [0.15, 0.2) is 0 Å². The lowest BCUT2D eigenvalue weighted by Crippen LogP contribution is -2.44. The Morgan fingerprint density at radius 3 is 2.50 bits per heavy atom. The maximum absolute atomic E-state index is 12.8. The molecule has 2 amide bonds. The van der Waals surface area contributed by atoms with Gasteiger partial charge < -0.3 is 4.74 Å². The van der Waals surface area contributed by atoms with Crippen LogP contribution in [0.5, 0.6) is 0 Å². The van der Waals surface area contributed by atoms with E-state index in [0.717, 1.165) is 32.1 Å². The van der Waals surface area contributed by atoms with Gasteiger partial charge in [-0.05, 0) is 38.0 Å². The van der Waals surface area contributed by atoms with Crippen molar-refractivity contribution in [3.63, 3.8) is 0 Å². The third-order valence-electron chi connectivity index (χ3n) is 4.78. The molecule has 1 rings (SSSR count). The fourth-order valence-electron chi connectivity index (χ4n) is 3.30. The topological polar surface area (TPSA) is 46.6 Å². The van der Waals surface area contributed by atoms with Gasteiger partial charge in [0.2, 0.25) is 5.91 Å². The molecule has 0 aromatic carbocycles. The normalized spacial score (nSPS) is 19.7. The molecule has 2 atom stereocenters. The van der Waals surface area contributed by atoms with Crippen LogP contribution >= 0.6 is 0 Å². The molecule has 1 fully saturated rings. The van der Waals surface area contributed by atoms with Crippen molar-refractivity contribution < 1.29 is 14.3 Å². The van der Waals surface area contributed by atoms with Crippen molar-refractivity contribution in [2.24, 2.45) is 11.8 Å². The maximum atomic E-state index is 12.8. The second-order valence-electron chi connectivity index (χ2n) is 8.89. The molecule has 1 saturated heterocycles. The number of allylic oxidation sites excluding steroid dienone is 2. The summed E-state index contributed by atoms with van der Waals surface area (Å²) in [5.74, 6) is -0.0603. The minimum absolute atomic E-state index is 0.0929. The van der Waals surface area contributed by atoms with Crippen molar-refractivity contribution >= 4 is 20.1 Å². The van der Waals surface area contributed by atoms with Gasteiger partial charge in [0, 0.05) is 5.92 Å². The molecule has 0 unspecified atom stereocenters. The summed E-state index contributed by atoms with van der Waals surface area (Å²) in [6.07, 6.45) is 6.37. The van der Waals surface area contributed by atoms with E-state index in [4.69, 9.17) is 4.74 Å². The maximum Gasteiger partial charge on any atom is 0.416 e. The van der Waals surface area contributed by atoms with E-state index in [-0.39, 0.29) is 23.8 Å². The molecule has 0 N–H and O–H groups in total. The average molecular weight is 380 g/mol. The van der Waals surface area contributed by atoms with Gasteiger partial charge in [-0.1, -0.05) is 57.8 Å². The highest BCUT2D eigenvalue weighted by molar-refractivity contribution is 6.81. The fraction of sp³-hybridized carbons (Fsp3) is 0.714. The summed E-state index contributed by atoms with van der Waals surface area (Å²) >= 11 is 0. The predicted molar refractivity (Wildman–Crippen MR) is 111 cm³/mol. The van der Waals surface area contributed by atoms with Crippen LogP contribution in [0, 0.1) is 11.8 Å².